The van der Waals surface area contributed by atoms with Crippen molar-refractivity contribution in [1.82, 2.24) is 4.98 Å². The van der Waals surface area contributed by atoms with Crippen molar-refractivity contribution < 1.29 is 22.6 Å². The van der Waals surface area contributed by atoms with Crippen molar-refractivity contribution >= 4 is 15.9 Å². The molecule has 0 bridgehead atoms. The van der Waals surface area contributed by atoms with E-state index in [0.29, 0.717) is 11.3 Å². The Morgan fingerprint density at radius 1 is 1.44 bits per heavy atom. The number of halogens is 4. The molecule has 1 aromatic rings. The van der Waals surface area contributed by atoms with Crippen molar-refractivity contribution in [3.05, 3.63) is 17.3 Å². The van der Waals surface area contributed by atoms with Gasteiger partial charge in [0.25, 0.3) is 5.88 Å². The molecule has 0 aliphatic rings. The van der Waals surface area contributed by atoms with Gasteiger partial charge < -0.3 is 9.47 Å². The average molecular weight is 300 g/mol. The number of aromatic nitrogens is 1. The van der Waals surface area contributed by atoms with Crippen LogP contribution in [0.3, 0.4) is 0 Å². The van der Waals surface area contributed by atoms with Crippen LogP contribution in [0.15, 0.2) is 6.07 Å². The Balaban J connectivity index is 3.22. The van der Waals surface area contributed by atoms with Gasteiger partial charge in [0.15, 0.2) is 5.75 Å². The van der Waals surface area contributed by atoms with E-state index in [1.807, 2.05) is 0 Å². The smallest absolute Gasteiger partial charge is 0.478 e. The Labute approximate surface area is 98.7 Å². The highest BCUT2D eigenvalue weighted by Crippen LogP contribution is 2.35. The van der Waals surface area contributed by atoms with Crippen LogP contribution in [0, 0.1) is 6.92 Å². The minimum absolute atomic E-state index is 0.174. The van der Waals surface area contributed by atoms with Gasteiger partial charge in [-0.05, 0) is 13.0 Å². The van der Waals surface area contributed by atoms with Crippen molar-refractivity contribution in [3.63, 3.8) is 0 Å². The van der Waals surface area contributed by atoms with Gasteiger partial charge in [-0.3, -0.25) is 0 Å². The predicted molar refractivity (Wildman–Crippen MR) is 54.8 cm³/mol. The van der Waals surface area contributed by atoms with E-state index in [9.17, 15) is 13.2 Å². The molecule has 1 aromatic heterocycles. The highest BCUT2D eigenvalue weighted by atomic mass is 79.9. The van der Waals surface area contributed by atoms with Crippen LogP contribution in [-0.2, 0) is 5.33 Å². The van der Waals surface area contributed by atoms with Crippen LogP contribution in [0.25, 0.3) is 0 Å². The fraction of sp³-hybridized carbons (Fsp3) is 0.444. The first-order valence-electron chi connectivity index (χ1n) is 4.23. The van der Waals surface area contributed by atoms with Crippen molar-refractivity contribution in [2.45, 2.75) is 18.6 Å². The molecule has 0 unspecified atom stereocenters. The number of nitrogens with zero attached hydrogens (tertiary/aromatic N) is 1. The van der Waals surface area contributed by atoms with E-state index in [1.54, 1.807) is 6.92 Å². The Morgan fingerprint density at radius 2 is 2.06 bits per heavy atom. The van der Waals surface area contributed by atoms with E-state index < -0.39 is 12.1 Å². The highest BCUT2D eigenvalue weighted by Gasteiger charge is 2.34. The number of ether oxygens (including phenoxy) is 2. The summed E-state index contributed by atoms with van der Waals surface area (Å²) in [7, 11) is 1.24. The molecule has 0 aromatic carbocycles. The van der Waals surface area contributed by atoms with Gasteiger partial charge in [-0.2, -0.15) is 0 Å². The molecule has 90 valence electrons. The second-order valence-electron chi connectivity index (χ2n) is 2.94. The monoisotopic (exact) mass is 299 g/mol. The molecular weight excluding hydrogens is 291 g/mol. The summed E-state index contributed by atoms with van der Waals surface area (Å²) in [5.74, 6) is -0.579. The molecule has 0 amide bonds. The number of hydrogen-bond acceptors (Lipinski definition) is 3. The summed E-state index contributed by atoms with van der Waals surface area (Å²) in [4.78, 5) is 3.82. The topological polar surface area (TPSA) is 31.4 Å². The molecule has 0 atom stereocenters. The zero-order chi connectivity index (χ0) is 12.3. The maximum atomic E-state index is 12.2. The Kier molecular flexibility index (Phi) is 4.01. The maximum absolute atomic E-state index is 12.2. The minimum Gasteiger partial charge on any atom is -0.478 e. The van der Waals surface area contributed by atoms with Crippen LogP contribution in [0.2, 0.25) is 0 Å². The summed E-state index contributed by atoms with van der Waals surface area (Å²) in [5.41, 5.74) is 0.891. The Morgan fingerprint density at radius 3 is 2.50 bits per heavy atom. The lowest BCUT2D eigenvalue weighted by Crippen LogP contribution is -2.19. The standard InChI is InChI=1S/C9H9BrF3NO2/c1-5-3-6(4-10)7(8(14-5)15-2)16-9(11,12)13/h3H,4H2,1-2H3. The fourth-order valence-electron chi connectivity index (χ4n) is 1.16. The Hall–Kier alpha value is -0.980. The van der Waals surface area contributed by atoms with Crippen molar-refractivity contribution in [3.8, 4) is 11.6 Å². The second kappa shape index (κ2) is 4.90. The van der Waals surface area contributed by atoms with E-state index in [1.165, 1.54) is 13.2 Å². The van der Waals surface area contributed by atoms with Crippen molar-refractivity contribution in [1.29, 1.82) is 0 Å². The lowest BCUT2D eigenvalue weighted by Gasteiger charge is -2.15. The van der Waals surface area contributed by atoms with Gasteiger partial charge >= 0.3 is 6.36 Å². The minimum atomic E-state index is -4.76. The van der Waals surface area contributed by atoms with Gasteiger partial charge in [0.2, 0.25) is 0 Å². The molecule has 0 saturated carbocycles. The summed E-state index contributed by atoms with van der Waals surface area (Å²) in [5, 5.41) is 0.220. The van der Waals surface area contributed by atoms with E-state index in [4.69, 9.17) is 4.74 Å². The van der Waals surface area contributed by atoms with E-state index in [2.05, 4.69) is 25.7 Å². The van der Waals surface area contributed by atoms with Crippen LogP contribution < -0.4 is 9.47 Å². The zero-order valence-corrected chi connectivity index (χ0v) is 10.1. The zero-order valence-electron chi connectivity index (χ0n) is 8.56. The van der Waals surface area contributed by atoms with Gasteiger partial charge in [0, 0.05) is 16.6 Å². The third kappa shape index (κ3) is 3.26. The van der Waals surface area contributed by atoms with Gasteiger partial charge in [-0.1, -0.05) is 15.9 Å². The number of methoxy groups -OCH3 is 1. The van der Waals surface area contributed by atoms with E-state index in [0.717, 1.165) is 0 Å². The molecule has 1 heterocycles. The summed E-state index contributed by atoms with van der Waals surface area (Å²) in [6, 6.07) is 1.50. The fourth-order valence-corrected chi connectivity index (χ4v) is 1.58. The average Bonchev–Trinajstić information content (AvgIpc) is 2.18. The van der Waals surface area contributed by atoms with E-state index in [-0.39, 0.29) is 11.2 Å². The normalized spacial score (nSPS) is 11.4. The molecule has 1 rings (SSSR count). The predicted octanol–water partition coefficient (Wildman–Crippen LogP) is 3.19. The summed E-state index contributed by atoms with van der Waals surface area (Å²) < 4.78 is 45.1. The quantitative estimate of drug-likeness (QED) is 0.803. The van der Waals surface area contributed by atoms with Gasteiger partial charge in [-0.25, -0.2) is 4.98 Å². The maximum Gasteiger partial charge on any atom is 0.573 e. The molecule has 0 aliphatic heterocycles. The first-order valence-corrected chi connectivity index (χ1v) is 5.35. The molecule has 3 nitrogen and oxygen atoms in total. The number of rotatable bonds is 3. The number of alkyl halides is 4. The lowest BCUT2D eigenvalue weighted by molar-refractivity contribution is -0.275. The molecule has 0 N–H and O–H groups in total. The van der Waals surface area contributed by atoms with Crippen molar-refractivity contribution in [2.75, 3.05) is 7.11 Å². The van der Waals surface area contributed by atoms with Crippen LogP contribution in [0.4, 0.5) is 13.2 Å². The summed E-state index contributed by atoms with van der Waals surface area (Å²) in [6.45, 7) is 1.66. The lowest BCUT2D eigenvalue weighted by atomic mass is 10.2. The van der Waals surface area contributed by atoms with Crippen LogP contribution in [0.5, 0.6) is 11.6 Å². The molecular formula is C9H9BrF3NO2. The highest BCUT2D eigenvalue weighted by molar-refractivity contribution is 9.08. The molecule has 0 spiro atoms. The van der Waals surface area contributed by atoms with Crippen LogP contribution in [0.1, 0.15) is 11.3 Å². The molecule has 0 radical (unpaired) electrons. The SMILES string of the molecule is COc1nc(C)cc(CBr)c1OC(F)(F)F. The van der Waals surface area contributed by atoms with Crippen molar-refractivity contribution in [2.24, 2.45) is 0 Å². The number of aryl methyl sites for hydroxylation is 1. The third-order valence-electron chi connectivity index (χ3n) is 1.70. The molecule has 7 heteroatoms. The molecule has 16 heavy (non-hydrogen) atoms. The molecule has 0 saturated heterocycles. The van der Waals surface area contributed by atoms with Gasteiger partial charge in [0.05, 0.1) is 7.11 Å². The number of hydrogen-bond donors (Lipinski definition) is 0. The molecule has 0 aliphatic carbocycles. The van der Waals surface area contributed by atoms with Crippen LogP contribution in [-0.4, -0.2) is 18.5 Å². The first-order chi connectivity index (χ1) is 7.37. The first kappa shape index (κ1) is 13.1. The number of pyridine rings is 1. The Bertz CT molecular complexity index is 357. The van der Waals surface area contributed by atoms with Gasteiger partial charge in [0.1, 0.15) is 0 Å². The summed E-state index contributed by atoms with van der Waals surface area (Å²) in [6.07, 6.45) is -4.76. The van der Waals surface area contributed by atoms with Crippen LogP contribution >= 0.6 is 15.9 Å². The van der Waals surface area contributed by atoms with Gasteiger partial charge in [-0.15, -0.1) is 13.2 Å². The molecule has 0 fully saturated rings. The summed E-state index contributed by atoms with van der Waals surface area (Å²) >= 11 is 3.08. The third-order valence-corrected chi connectivity index (χ3v) is 2.31. The van der Waals surface area contributed by atoms with E-state index >= 15 is 0 Å². The second-order valence-corrected chi connectivity index (χ2v) is 3.50. The largest absolute Gasteiger partial charge is 0.573 e.